The Hall–Kier alpha value is -3.08. The van der Waals surface area contributed by atoms with Gasteiger partial charge >= 0.3 is 0 Å². The van der Waals surface area contributed by atoms with Gasteiger partial charge in [-0.3, -0.25) is 9.59 Å². The summed E-state index contributed by atoms with van der Waals surface area (Å²) in [5.41, 5.74) is 4.58. The molecule has 3 aromatic rings. The number of nitrogens with zero attached hydrogens (tertiary/aromatic N) is 1. The maximum Gasteiger partial charge on any atom is 0.243 e. The zero-order valence-corrected chi connectivity index (χ0v) is 17.7. The number of rotatable bonds is 6. The Kier molecular flexibility index (Phi) is 5.88. The van der Waals surface area contributed by atoms with Gasteiger partial charge in [-0.15, -0.1) is 0 Å². The van der Waals surface area contributed by atoms with Crippen LogP contribution in [0.25, 0.3) is 10.9 Å². The van der Waals surface area contributed by atoms with Gasteiger partial charge < -0.3 is 15.2 Å². The van der Waals surface area contributed by atoms with Gasteiger partial charge in [0.25, 0.3) is 0 Å². The van der Waals surface area contributed by atoms with Crippen LogP contribution in [-0.2, 0) is 29.0 Å². The number of carbonyl (C=O) groups excluding carboxylic acids is 2. The normalized spacial score (nSPS) is 16.0. The molecule has 0 bridgehead atoms. The molecular formula is C25H29N3O2. The van der Waals surface area contributed by atoms with Crippen LogP contribution in [0.4, 0.5) is 0 Å². The molecule has 5 nitrogen and oxygen atoms in total. The molecule has 0 fully saturated rings. The summed E-state index contributed by atoms with van der Waals surface area (Å²) >= 11 is 0. The van der Waals surface area contributed by atoms with Crippen LogP contribution < -0.4 is 5.32 Å². The molecule has 1 aromatic heterocycles. The molecule has 4 rings (SSSR count). The Morgan fingerprint density at radius 1 is 1.10 bits per heavy atom. The lowest BCUT2D eigenvalue weighted by Gasteiger charge is -2.36. The van der Waals surface area contributed by atoms with Gasteiger partial charge in [0, 0.05) is 43.0 Å². The minimum absolute atomic E-state index is 0.0521. The van der Waals surface area contributed by atoms with Gasteiger partial charge in [-0.1, -0.05) is 56.3 Å². The van der Waals surface area contributed by atoms with Crippen molar-refractivity contribution >= 4 is 22.7 Å². The van der Waals surface area contributed by atoms with Gasteiger partial charge in [0.15, 0.2) is 0 Å². The number of hydrogen-bond acceptors (Lipinski definition) is 2. The third-order valence-electron chi connectivity index (χ3n) is 5.82. The van der Waals surface area contributed by atoms with Crippen molar-refractivity contribution in [1.82, 2.24) is 15.2 Å². The van der Waals surface area contributed by atoms with E-state index in [0.717, 1.165) is 23.1 Å². The predicted molar refractivity (Wildman–Crippen MR) is 119 cm³/mol. The summed E-state index contributed by atoms with van der Waals surface area (Å²) in [5, 5.41) is 4.26. The van der Waals surface area contributed by atoms with Crippen LogP contribution in [0, 0.1) is 5.92 Å². The van der Waals surface area contributed by atoms with E-state index in [9.17, 15) is 9.59 Å². The van der Waals surface area contributed by atoms with Crippen molar-refractivity contribution in [2.45, 2.75) is 45.7 Å². The fourth-order valence-corrected chi connectivity index (χ4v) is 4.26. The third kappa shape index (κ3) is 4.25. The number of aromatic amines is 1. The summed E-state index contributed by atoms with van der Waals surface area (Å²) in [4.78, 5) is 31.0. The van der Waals surface area contributed by atoms with Crippen LogP contribution in [0.1, 0.15) is 37.0 Å². The first-order valence-corrected chi connectivity index (χ1v) is 10.7. The molecule has 0 aliphatic carbocycles. The van der Waals surface area contributed by atoms with Gasteiger partial charge in [0.2, 0.25) is 11.8 Å². The first kappa shape index (κ1) is 20.2. The lowest BCUT2D eigenvalue weighted by Crippen LogP contribution is -2.53. The van der Waals surface area contributed by atoms with Crippen molar-refractivity contribution in [3.8, 4) is 0 Å². The van der Waals surface area contributed by atoms with Gasteiger partial charge in [0.05, 0.1) is 0 Å². The van der Waals surface area contributed by atoms with Gasteiger partial charge in [-0.05, 0) is 35.1 Å². The van der Waals surface area contributed by atoms with Crippen LogP contribution in [-0.4, -0.2) is 34.3 Å². The summed E-state index contributed by atoms with van der Waals surface area (Å²) in [6, 6.07) is 15.8. The van der Waals surface area contributed by atoms with E-state index in [0.29, 0.717) is 25.9 Å². The average Bonchev–Trinajstić information content (AvgIpc) is 3.15. The van der Waals surface area contributed by atoms with E-state index in [1.54, 1.807) is 4.90 Å². The number of hydrogen-bond donors (Lipinski definition) is 2. The molecule has 30 heavy (non-hydrogen) atoms. The molecule has 1 atom stereocenters. The van der Waals surface area contributed by atoms with E-state index in [1.807, 2.05) is 44.3 Å². The second-order valence-electron chi connectivity index (χ2n) is 8.51. The van der Waals surface area contributed by atoms with E-state index in [2.05, 4.69) is 34.6 Å². The molecule has 0 saturated carbocycles. The number of nitrogens with one attached hydrogen (secondary N) is 2. The monoisotopic (exact) mass is 403 g/mol. The Labute approximate surface area is 177 Å². The summed E-state index contributed by atoms with van der Waals surface area (Å²) in [6.07, 6.45) is 3.78. The average molecular weight is 404 g/mol. The van der Waals surface area contributed by atoms with Crippen LogP contribution in [0.5, 0.6) is 0 Å². The van der Waals surface area contributed by atoms with Crippen molar-refractivity contribution in [2.75, 3.05) is 6.54 Å². The molecular weight excluding hydrogens is 374 g/mol. The lowest BCUT2D eigenvalue weighted by molar-refractivity contribution is -0.142. The largest absolute Gasteiger partial charge is 0.361 e. The summed E-state index contributed by atoms with van der Waals surface area (Å²) < 4.78 is 0. The highest BCUT2D eigenvalue weighted by Gasteiger charge is 2.34. The minimum atomic E-state index is -0.450. The number of fused-ring (bicyclic) bond motifs is 2. The third-order valence-corrected chi connectivity index (χ3v) is 5.82. The Bertz CT molecular complexity index is 1050. The second-order valence-corrected chi connectivity index (χ2v) is 8.51. The van der Waals surface area contributed by atoms with Gasteiger partial charge in [-0.25, -0.2) is 0 Å². The smallest absolute Gasteiger partial charge is 0.243 e. The molecule has 1 unspecified atom stereocenters. The first-order chi connectivity index (χ1) is 14.5. The molecule has 2 amide bonds. The number of benzene rings is 2. The summed E-state index contributed by atoms with van der Waals surface area (Å²) in [6.45, 7) is 5.12. The highest BCUT2D eigenvalue weighted by Crippen LogP contribution is 2.25. The fraction of sp³-hybridized carbons (Fsp3) is 0.360. The van der Waals surface area contributed by atoms with Crippen LogP contribution in [0.2, 0.25) is 0 Å². The van der Waals surface area contributed by atoms with E-state index >= 15 is 0 Å². The van der Waals surface area contributed by atoms with Crippen molar-refractivity contribution in [3.05, 3.63) is 71.4 Å². The number of H-pyrrole nitrogens is 1. The zero-order valence-electron chi connectivity index (χ0n) is 17.7. The summed E-state index contributed by atoms with van der Waals surface area (Å²) in [5.74, 6) is 0.248. The fourth-order valence-electron chi connectivity index (χ4n) is 4.26. The molecule has 0 saturated heterocycles. The molecule has 2 N–H and O–H groups in total. The molecule has 156 valence electrons. The standard InChI is InChI=1S/C25H29N3O2/c1-17(2)13-24(29)28-16-20-8-4-3-7-18(20)14-23(28)25(30)26-12-11-19-15-27-22-10-6-5-9-21(19)22/h3-10,15,17,23,27H,11-14,16H2,1-2H3,(H,26,30). The summed E-state index contributed by atoms with van der Waals surface area (Å²) in [7, 11) is 0. The highest BCUT2D eigenvalue weighted by molar-refractivity contribution is 5.89. The maximum absolute atomic E-state index is 13.1. The number of carbonyl (C=O) groups is 2. The Morgan fingerprint density at radius 3 is 2.63 bits per heavy atom. The van der Waals surface area contributed by atoms with Gasteiger partial charge in [0.1, 0.15) is 6.04 Å². The minimum Gasteiger partial charge on any atom is -0.361 e. The van der Waals surface area contributed by atoms with E-state index in [4.69, 9.17) is 0 Å². The van der Waals surface area contributed by atoms with Crippen LogP contribution >= 0.6 is 0 Å². The number of aromatic nitrogens is 1. The highest BCUT2D eigenvalue weighted by atomic mass is 16.2. The lowest BCUT2D eigenvalue weighted by atomic mass is 9.92. The van der Waals surface area contributed by atoms with Gasteiger partial charge in [-0.2, -0.15) is 0 Å². The Morgan fingerprint density at radius 2 is 1.83 bits per heavy atom. The quantitative estimate of drug-likeness (QED) is 0.657. The molecule has 1 aliphatic heterocycles. The molecule has 0 spiro atoms. The van der Waals surface area contributed by atoms with Crippen molar-refractivity contribution in [3.63, 3.8) is 0 Å². The zero-order chi connectivity index (χ0) is 21.1. The van der Waals surface area contributed by atoms with E-state index in [-0.39, 0.29) is 17.7 Å². The molecule has 0 radical (unpaired) electrons. The molecule has 2 aromatic carbocycles. The maximum atomic E-state index is 13.1. The van der Waals surface area contributed by atoms with E-state index < -0.39 is 6.04 Å². The first-order valence-electron chi connectivity index (χ1n) is 10.7. The molecule has 1 aliphatic rings. The molecule has 2 heterocycles. The Balaban J connectivity index is 1.45. The SMILES string of the molecule is CC(C)CC(=O)N1Cc2ccccc2CC1C(=O)NCCc1c[nH]c2ccccc12. The van der Waals surface area contributed by atoms with Crippen molar-refractivity contribution in [1.29, 1.82) is 0 Å². The topological polar surface area (TPSA) is 65.2 Å². The van der Waals surface area contributed by atoms with Crippen LogP contribution in [0.15, 0.2) is 54.7 Å². The second kappa shape index (κ2) is 8.74. The molecule has 5 heteroatoms. The van der Waals surface area contributed by atoms with Crippen LogP contribution in [0.3, 0.4) is 0 Å². The number of para-hydroxylation sites is 1. The van der Waals surface area contributed by atoms with Crippen molar-refractivity contribution < 1.29 is 9.59 Å². The van der Waals surface area contributed by atoms with Crippen molar-refractivity contribution in [2.24, 2.45) is 5.92 Å². The number of amides is 2. The predicted octanol–water partition coefficient (Wildman–Crippen LogP) is 3.83. The van der Waals surface area contributed by atoms with E-state index in [1.165, 1.54) is 10.9 Å².